The number of halogens is 1. The number of hydrogen-bond donors (Lipinski definition) is 5. The molecule has 1 aliphatic rings. The van der Waals surface area contributed by atoms with Crippen molar-refractivity contribution < 1.29 is 29.6 Å². The Morgan fingerprint density at radius 1 is 1.38 bits per heavy atom. The number of rotatable bonds is 1. The predicted octanol–water partition coefficient (Wildman–Crippen LogP) is -2.96. The zero-order chi connectivity index (χ0) is 10.2. The van der Waals surface area contributed by atoms with Crippen molar-refractivity contribution in [3.63, 3.8) is 0 Å². The zero-order valence-electron chi connectivity index (χ0n) is 6.67. The molecule has 5 atom stereocenters. The molecule has 0 amide bonds. The Morgan fingerprint density at radius 3 is 2.38 bits per heavy atom. The number of alkyl halides is 1. The second-order valence-corrected chi connectivity index (χ2v) is 2.97. The number of hydrogen-bond acceptors (Lipinski definition) is 6. The Bertz CT molecular complexity index is 194. The van der Waals surface area contributed by atoms with E-state index in [2.05, 4.69) is 4.74 Å². The SMILES string of the molecule is N[C@@H]1[C@@H](O)[C@H](O)[C@](F)(CO)O[C@H]1O. The van der Waals surface area contributed by atoms with E-state index >= 15 is 0 Å². The van der Waals surface area contributed by atoms with E-state index in [1.807, 2.05) is 0 Å². The van der Waals surface area contributed by atoms with Crippen LogP contribution in [0.5, 0.6) is 0 Å². The third kappa shape index (κ3) is 1.66. The van der Waals surface area contributed by atoms with E-state index in [0.29, 0.717) is 0 Å². The molecule has 7 heteroatoms. The Morgan fingerprint density at radius 2 is 1.92 bits per heavy atom. The van der Waals surface area contributed by atoms with E-state index in [1.165, 1.54) is 0 Å². The summed E-state index contributed by atoms with van der Waals surface area (Å²) in [7, 11) is 0. The minimum absolute atomic E-state index is 1.17. The molecule has 0 aromatic rings. The fraction of sp³-hybridized carbons (Fsp3) is 1.00. The molecule has 6 nitrogen and oxygen atoms in total. The van der Waals surface area contributed by atoms with Gasteiger partial charge < -0.3 is 30.9 Å². The van der Waals surface area contributed by atoms with E-state index in [9.17, 15) is 4.39 Å². The van der Waals surface area contributed by atoms with Crippen molar-refractivity contribution in [3.8, 4) is 0 Å². The standard InChI is InChI=1S/C6H12FNO5/c7-6(1-9)4(11)3(10)2(8)5(12)13-6/h2-5,9-12H,1,8H2/t2-,3-,4+,5-,6+/m1/s1. The smallest absolute Gasteiger partial charge is 0.263 e. The van der Waals surface area contributed by atoms with E-state index in [-0.39, 0.29) is 0 Å². The first kappa shape index (κ1) is 10.8. The summed E-state index contributed by atoms with van der Waals surface area (Å²) in [6, 6.07) is -1.30. The molecule has 1 aliphatic heterocycles. The lowest BCUT2D eigenvalue weighted by Gasteiger charge is -2.41. The Labute approximate surface area is 73.4 Å². The molecule has 1 heterocycles. The highest BCUT2D eigenvalue weighted by molar-refractivity contribution is 4.95. The van der Waals surface area contributed by atoms with Crippen molar-refractivity contribution in [1.29, 1.82) is 0 Å². The molecule has 6 N–H and O–H groups in total. The second kappa shape index (κ2) is 3.45. The number of aliphatic hydroxyl groups is 4. The summed E-state index contributed by atoms with van der Waals surface area (Å²) < 4.78 is 17.5. The van der Waals surface area contributed by atoms with Crippen molar-refractivity contribution in [2.45, 2.75) is 30.4 Å². The molecule has 0 bridgehead atoms. The summed E-state index contributed by atoms with van der Waals surface area (Å²) in [5.41, 5.74) is 5.15. The zero-order valence-corrected chi connectivity index (χ0v) is 6.67. The van der Waals surface area contributed by atoms with Crippen LogP contribution < -0.4 is 5.73 Å². The third-order valence-electron chi connectivity index (χ3n) is 2.02. The van der Waals surface area contributed by atoms with Crippen molar-refractivity contribution >= 4 is 0 Å². The van der Waals surface area contributed by atoms with Crippen LogP contribution in [0.3, 0.4) is 0 Å². The van der Waals surface area contributed by atoms with Crippen LogP contribution in [-0.4, -0.2) is 57.4 Å². The van der Waals surface area contributed by atoms with Gasteiger partial charge in [0.15, 0.2) is 6.29 Å². The molecule has 0 unspecified atom stereocenters. The van der Waals surface area contributed by atoms with E-state index in [4.69, 9.17) is 26.2 Å². The molecular formula is C6H12FNO5. The van der Waals surface area contributed by atoms with Gasteiger partial charge in [0.25, 0.3) is 5.85 Å². The minimum Gasteiger partial charge on any atom is -0.390 e. The first-order valence-corrected chi connectivity index (χ1v) is 3.70. The summed E-state index contributed by atoms with van der Waals surface area (Å²) in [6.45, 7) is -1.17. The van der Waals surface area contributed by atoms with Gasteiger partial charge in [0.1, 0.15) is 18.8 Å². The minimum atomic E-state index is -2.87. The van der Waals surface area contributed by atoms with Gasteiger partial charge in [0, 0.05) is 0 Å². The monoisotopic (exact) mass is 197 g/mol. The third-order valence-corrected chi connectivity index (χ3v) is 2.02. The van der Waals surface area contributed by atoms with Crippen molar-refractivity contribution in [2.24, 2.45) is 5.73 Å². The molecule has 1 saturated heterocycles. The Kier molecular flexibility index (Phi) is 2.85. The summed E-state index contributed by atoms with van der Waals surface area (Å²) in [4.78, 5) is 0. The fourth-order valence-electron chi connectivity index (χ4n) is 1.11. The normalized spacial score (nSPS) is 52.2. The maximum absolute atomic E-state index is 13.3. The fourth-order valence-corrected chi connectivity index (χ4v) is 1.11. The highest BCUT2D eigenvalue weighted by atomic mass is 19.2. The lowest BCUT2D eigenvalue weighted by molar-refractivity contribution is -0.342. The van der Waals surface area contributed by atoms with Crippen LogP contribution in [-0.2, 0) is 4.74 Å². The van der Waals surface area contributed by atoms with Crippen molar-refractivity contribution in [3.05, 3.63) is 0 Å². The van der Waals surface area contributed by atoms with Crippen LogP contribution >= 0.6 is 0 Å². The summed E-state index contributed by atoms with van der Waals surface area (Å²) in [5, 5.41) is 35.7. The highest BCUT2D eigenvalue weighted by Gasteiger charge is 2.53. The van der Waals surface area contributed by atoms with Gasteiger partial charge in [-0.25, -0.2) is 4.39 Å². The molecule has 1 fully saturated rings. The average Bonchev–Trinajstić information content (AvgIpc) is 2.12. The second-order valence-electron chi connectivity index (χ2n) is 2.97. The largest absolute Gasteiger partial charge is 0.390 e. The highest BCUT2D eigenvalue weighted by Crippen LogP contribution is 2.29. The van der Waals surface area contributed by atoms with Crippen LogP contribution in [0.25, 0.3) is 0 Å². The Hall–Kier alpha value is -0.310. The first-order valence-electron chi connectivity index (χ1n) is 3.70. The van der Waals surface area contributed by atoms with Gasteiger partial charge in [-0.1, -0.05) is 0 Å². The van der Waals surface area contributed by atoms with Crippen LogP contribution in [0, 0.1) is 0 Å². The molecule has 0 radical (unpaired) electrons. The average molecular weight is 197 g/mol. The number of nitrogens with two attached hydrogens (primary N) is 1. The van der Waals surface area contributed by atoms with Gasteiger partial charge in [-0.2, -0.15) is 0 Å². The summed E-state index contributed by atoms with van der Waals surface area (Å²) in [5.74, 6) is -2.87. The number of ether oxygens (including phenoxy) is 1. The van der Waals surface area contributed by atoms with E-state index in [0.717, 1.165) is 0 Å². The molecule has 78 valence electrons. The summed E-state index contributed by atoms with van der Waals surface area (Å²) >= 11 is 0. The quantitative estimate of drug-likeness (QED) is 0.307. The molecule has 0 aromatic heterocycles. The summed E-state index contributed by atoms with van der Waals surface area (Å²) in [6.07, 6.45) is -5.41. The van der Waals surface area contributed by atoms with Crippen LogP contribution in [0.15, 0.2) is 0 Å². The van der Waals surface area contributed by atoms with Gasteiger partial charge in [-0.05, 0) is 0 Å². The van der Waals surface area contributed by atoms with Crippen molar-refractivity contribution in [2.75, 3.05) is 6.61 Å². The van der Waals surface area contributed by atoms with Crippen LogP contribution in [0.1, 0.15) is 0 Å². The maximum Gasteiger partial charge on any atom is 0.263 e. The maximum atomic E-state index is 13.3. The van der Waals surface area contributed by atoms with E-state index in [1.54, 1.807) is 0 Å². The van der Waals surface area contributed by atoms with Crippen molar-refractivity contribution in [1.82, 2.24) is 0 Å². The van der Waals surface area contributed by atoms with Crippen LogP contribution in [0.4, 0.5) is 4.39 Å². The first-order chi connectivity index (χ1) is 5.92. The molecular weight excluding hydrogens is 185 g/mol. The van der Waals surface area contributed by atoms with Gasteiger partial charge >= 0.3 is 0 Å². The molecule has 0 aliphatic carbocycles. The van der Waals surface area contributed by atoms with Gasteiger partial charge in [-0.15, -0.1) is 0 Å². The Balaban J connectivity index is 2.82. The number of aliphatic hydroxyl groups excluding tert-OH is 4. The molecule has 1 rings (SSSR count). The van der Waals surface area contributed by atoms with Gasteiger partial charge in [0.05, 0.1) is 6.04 Å². The molecule has 0 spiro atoms. The lowest BCUT2D eigenvalue weighted by atomic mass is 9.96. The van der Waals surface area contributed by atoms with Gasteiger partial charge in [0.2, 0.25) is 0 Å². The van der Waals surface area contributed by atoms with Gasteiger partial charge in [-0.3, -0.25) is 0 Å². The van der Waals surface area contributed by atoms with Crippen LogP contribution in [0.2, 0.25) is 0 Å². The lowest BCUT2D eigenvalue weighted by Crippen LogP contribution is -2.66. The topological polar surface area (TPSA) is 116 Å². The van der Waals surface area contributed by atoms with E-state index < -0.39 is 37.0 Å². The molecule has 0 aromatic carbocycles. The predicted molar refractivity (Wildman–Crippen MR) is 38.0 cm³/mol. The molecule has 13 heavy (non-hydrogen) atoms. The molecule has 0 saturated carbocycles.